The van der Waals surface area contributed by atoms with Gasteiger partial charge in [0, 0.05) is 24.8 Å². The molecule has 0 saturated carbocycles. The number of carboxylic acids is 1. The molecule has 6 heteroatoms. The van der Waals surface area contributed by atoms with Gasteiger partial charge in [0.15, 0.2) is 0 Å². The first kappa shape index (κ1) is 16.8. The average Bonchev–Trinajstić information content (AvgIpc) is 2.50. The summed E-state index contributed by atoms with van der Waals surface area (Å²) in [7, 11) is 3.17. The van der Waals surface area contributed by atoms with Crippen LogP contribution < -0.4 is 9.64 Å². The van der Waals surface area contributed by atoms with Gasteiger partial charge in [-0.15, -0.1) is 0 Å². The van der Waals surface area contributed by atoms with Crippen LogP contribution in [0.25, 0.3) is 0 Å². The molecule has 0 bridgehead atoms. The fourth-order valence-electron chi connectivity index (χ4n) is 1.90. The summed E-state index contributed by atoms with van der Waals surface area (Å²) in [6.07, 6.45) is 0.685. The third kappa shape index (κ3) is 4.37. The zero-order chi connectivity index (χ0) is 16.0. The maximum absolute atomic E-state index is 12.5. The molecule has 0 aromatic heterocycles. The van der Waals surface area contributed by atoms with Crippen LogP contribution in [0.1, 0.15) is 20.3 Å². The lowest BCUT2D eigenvalue weighted by atomic mass is 10.2. The molecule has 0 saturated heterocycles. The van der Waals surface area contributed by atoms with Crippen LogP contribution in [-0.4, -0.2) is 48.8 Å². The molecule has 0 aliphatic rings. The van der Waals surface area contributed by atoms with E-state index in [0.29, 0.717) is 17.9 Å². The summed E-state index contributed by atoms with van der Waals surface area (Å²) in [4.78, 5) is 26.3. The Morgan fingerprint density at radius 3 is 2.57 bits per heavy atom. The Labute approximate surface area is 124 Å². The Hall–Kier alpha value is -2.24. The monoisotopic (exact) mass is 294 g/mol. The number of rotatable bonds is 6. The van der Waals surface area contributed by atoms with Crippen molar-refractivity contribution in [3.63, 3.8) is 0 Å². The molecule has 1 aromatic carbocycles. The van der Waals surface area contributed by atoms with Crippen molar-refractivity contribution in [2.75, 3.05) is 25.6 Å². The number of carboxylic acid groups (broad SMARTS) is 1. The Bertz CT molecular complexity index is 504. The maximum atomic E-state index is 12.5. The standard InChI is InChI=1S/C15H22N2O4/c1-5-11(2)17(10-14(18)19)15(20)16(3)12-7-6-8-13(9-12)21-4/h6-9,11H,5,10H2,1-4H3,(H,18,19). The molecule has 6 nitrogen and oxygen atoms in total. The molecule has 1 rings (SSSR count). The Morgan fingerprint density at radius 2 is 2.05 bits per heavy atom. The van der Waals surface area contributed by atoms with Crippen molar-refractivity contribution in [3.05, 3.63) is 24.3 Å². The lowest BCUT2D eigenvalue weighted by molar-refractivity contribution is -0.138. The number of aliphatic carboxylic acids is 1. The summed E-state index contributed by atoms with van der Waals surface area (Å²) < 4.78 is 5.13. The molecule has 0 radical (unpaired) electrons. The summed E-state index contributed by atoms with van der Waals surface area (Å²) >= 11 is 0. The van der Waals surface area contributed by atoms with E-state index in [9.17, 15) is 9.59 Å². The fraction of sp³-hybridized carbons (Fsp3) is 0.467. The zero-order valence-electron chi connectivity index (χ0n) is 12.9. The van der Waals surface area contributed by atoms with Gasteiger partial charge in [0.05, 0.1) is 7.11 Å². The third-order valence-corrected chi connectivity index (χ3v) is 3.40. The number of carbonyl (C=O) groups is 2. The van der Waals surface area contributed by atoms with Crippen molar-refractivity contribution in [2.24, 2.45) is 0 Å². The highest BCUT2D eigenvalue weighted by atomic mass is 16.5. The third-order valence-electron chi connectivity index (χ3n) is 3.40. The predicted octanol–water partition coefficient (Wildman–Crippen LogP) is 2.44. The minimum absolute atomic E-state index is 0.151. The fourth-order valence-corrected chi connectivity index (χ4v) is 1.90. The summed E-state index contributed by atoms with van der Waals surface area (Å²) in [5, 5.41) is 8.98. The van der Waals surface area contributed by atoms with Crippen LogP contribution in [0.2, 0.25) is 0 Å². The minimum atomic E-state index is -1.03. The molecule has 1 unspecified atom stereocenters. The number of hydrogen-bond donors (Lipinski definition) is 1. The summed E-state index contributed by atoms with van der Waals surface area (Å²) in [6, 6.07) is 6.57. The topological polar surface area (TPSA) is 70.1 Å². The summed E-state index contributed by atoms with van der Waals surface area (Å²) in [6.45, 7) is 3.43. The van der Waals surface area contributed by atoms with E-state index >= 15 is 0 Å². The second-order valence-corrected chi connectivity index (χ2v) is 4.82. The molecule has 1 aromatic rings. The Kier molecular flexibility index (Phi) is 6.02. The molecule has 21 heavy (non-hydrogen) atoms. The zero-order valence-corrected chi connectivity index (χ0v) is 12.9. The van der Waals surface area contributed by atoms with E-state index in [1.807, 2.05) is 13.8 Å². The van der Waals surface area contributed by atoms with E-state index in [-0.39, 0.29) is 18.6 Å². The first-order valence-electron chi connectivity index (χ1n) is 6.80. The minimum Gasteiger partial charge on any atom is -0.497 e. The van der Waals surface area contributed by atoms with Crippen LogP contribution in [0.3, 0.4) is 0 Å². The van der Waals surface area contributed by atoms with Crippen molar-refractivity contribution in [1.82, 2.24) is 4.90 Å². The number of methoxy groups -OCH3 is 1. The number of hydrogen-bond acceptors (Lipinski definition) is 3. The molecular formula is C15H22N2O4. The number of amides is 2. The SMILES string of the molecule is CCC(C)N(CC(=O)O)C(=O)N(C)c1cccc(OC)c1. The first-order chi connectivity index (χ1) is 9.90. The van der Waals surface area contributed by atoms with Gasteiger partial charge in [0.25, 0.3) is 0 Å². The highest BCUT2D eigenvalue weighted by molar-refractivity contribution is 5.93. The lowest BCUT2D eigenvalue weighted by Crippen LogP contribution is -2.48. The molecule has 1 N–H and O–H groups in total. The predicted molar refractivity (Wildman–Crippen MR) is 80.9 cm³/mol. The van der Waals surface area contributed by atoms with Gasteiger partial charge in [-0.3, -0.25) is 9.69 Å². The van der Waals surface area contributed by atoms with Gasteiger partial charge in [0.2, 0.25) is 0 Å². The van der Waals surface area contributed by atoms with E-state index in [1.54, 1.807) is 38.4 Å². The number of anilines is 1. The van der Waals surface area contributed by atoms with E-state index in [2.05, 4.69) is 0 Å². The number of nitrogens with zero attached hydrogens (tertiary/aromatic N) is 2. The number of ether oxygens (including phenoxy) is 1. The molecule has 1 atom stereocenters. The normalized spacial score (nSPS) is 11.6. The highest BCUT2D eigenvalue weighted by Gasteiger charge is 2.25. The van der Waals surface area contributed by atoms with E-state index in [1.165, 1.54) is 9.80 Å². The lowest BCUT2D eigenvalue weighted by Gasteiger charge is -2.31. The molecule has 0 fully saturated rings. The highest BCUT2D eigenvalue weighted by Crippen LogP contribution is 2.21. The quantitative estimate of drug-likeness (QED) is 0.875. The van der Waals surface area contributed by atoms with Crippen LogP contribution in [0.5, 0.6) is 5.75 Å². The Morgan fingerprint density at radius 1 is 1.38 bits per heavy atom. The number of urea groups is 1. The second kappa shape index (κ2) is 7.52. The van der Waals surface area contributed by atoms with Gasteiger partial charge in [-0.2, -0.15) is 0 Å². The maximum Gasteiger partial charge on any atom is 0.324 e. The van der Waals surface area contributed by atoms with Gasteiger partial charge >= 0.3 is 12.0 Å². The van der Waals surface area contributed by atoms with Crippen LogP contribution in [0.4, 0.5) is 10.5 Å². The van der Waals surface area contributed by atoms with Crippen molar-refractivity contribution >= 4 is 17.7 Å². The van der Waals surface area contributed by atoms with Gasteiger partial charge < -0.3 is 14.7 Å². The van der Waals surface area contributed by atoms with Crippen molar-refractivity contribution in [3.8, 4) is 5.75 Å². The molecule has 0 heterocycles. The van der Waals surface area contributed by atoms with E-state index in [0.717, 1.165) is 0 Å². The van der Waals surface area contributed by atoms with Crippen LogP contribution in [0, 0.1) is 0 Å². The smallest absolute Gasteiger partial charge is 0.324 e. The molecular weight excluding hydrogens is 272 g/mol. The largest absolute Gasteiger partial charge is 0.497 e. The van der Waals surface area contributed by atoms with Crippen LogP contribution in [-0.2, 0) is 4.79 Å². The first-order valence-corrected chi connectivity index (χ1v) is 6.80. The number of benzene rings is 1. The summed E-state index contributed by atoms with van der Waals surface area (Å²) in [5.41, 5.74) is 0.651. The molecule has 0 aliphatic heterocycles. The molecule has 0 aliphatic carbocycles. The molecule has 0 spiro atoms. The molecule has 2 amide bonds. The van der Waals surface area contributed by atoms with E-state index < -0.39 is 5.97 Å². The van der Waals surface area contributed by atoms with Crippen molar-refractivity contribution in [1.29, 1.82) is 0 Å². The number of carbonyl (C=O) groups excluding carboxylic acids is 1. The van der Waals surface area contributed by atoms with Gasteiger partial charge in [-0.1, -0.05) is 13.0 Å². The summed E-state index contributed by atoms with van der Waals surface area (Å²) in [5.74, 6) is -0.386. The Balaban J connectivity index is 2.98. The van der Waals surface area contributed by atoms with Gasteiger partial charge in [-0.05, 0) is 25.5 Å². The van der Waals surface area contributed by atoms with E-state index in [4.69, 9.17) is 9.84 Å². The molecule has 116 valence electrons. The van der Waals surface area contributed by atoms with Crippen LogP contribution in [0.15, 0.2) is 24.3 Å². The van der Waals surface area contributed by atoms with Crippen molar-refractivity contribution < 1.29 is 19.4 Å². The van der Waals surface area contributed by atoms with Crippen molar-refractivity contribution in [2.45, 2.75) is 26.3 Å². The van der Waals surface area contributed by atoms with Gasteiger partial charge in [0.1, 0.15) is 12.3 Å². The van der Waals surface area contributed by atoms with Gasteiger partial charge in [-0.25, -0.2) is 4.79 Å². The van der Waals surface area contributed by atoms with Crippen LogP contribution >= 0.6 is 0 Å². The second-order valence-electron chi connectivity index (χ2n) is 4.82. The average molecular weight is 294 g/mol.